The summed E-state index contributed by atoms with van der Waals surface area (Å²) in [7, 11) is 1.49. The van der Waals surface area contributed by atoms with E-state index >= 15 is 0 Å². The summed E-state index contributed by atoms with van der Waals surface area (Å²) in [5.41, 5.74) is 0.359. The molecule has 2 aromatic carbocycles. The van der Waals surface area contributed by atoms with Gasteiger partial charge in [0.2, 0.25) is 0 Å². The van der Waals surface area contributed by atoms with Gasteiger partial charge in [0.15, 0.2) is 0 Å². The molecule has 30 heavy (non-hydrogen) atoms. The quantitative estimate of drug-likeness (QED) is 0.483. The van der Waals surface area contributed by atoms with Crippen molar-refractivity contribution in [2.75, 3.05) is 7.11 Å². The van der Waals surface area contributed by atoms with E-state index in [-0.39, 0.29) is 10.7 Å². The number of nitriles is 2. The highest BCUT2D eigenvalue weighted by Crippen LogP contribution is 2.38. The van der Waals surface area contributed by atoms with Crippen molar-refractivity contribution >= 4 is 11.8 Å². The topological polar surface area (TPSA) is 69.7 Å². The molecule has 0 atom stereocenters. The molecule has 0 N–H and O–H groups in total. The van der Waals surface area contributed by atoms with Crippen LogP contribution in [-0.2, 0) is 11.9 Å². The van der Waals surface area contributed by atoms with Gasteiger partial charge in [-0.15, -0.1) is 11.8 Å². The van der Waals surface area contributed by atoms with Crippen LogP contribution in [0.25, 0.3) is 11.3 Å². The zero-order valence-electron chi connectivity index (χ0n) is 15.7. The molecule has 0 aliphatic rings. The van der Waals surface area contributed by atoms with Crippen molar-refractivity contribution in [2.24, 2.45) is 0 Å². The number of halogens is 3. The van der Waals surface area contributed by atoms with Crippen LogP contribution in [-0.4, -0.2) is 12.1 Å². The third-order valence-electron chi connectivity index (χ3n) is 4.25. The fraction of sp³-hybridized carbons (Fsp3) is 0.136. The summed E-state index contributed by atoms with van der Waals surface area (Å²) in [4.78, 5) is 4.34. The van der Waals surface area contributed by atoms with E-state index in [1.54, 1.807) is 54.6 Å². The van der Waals surface area contributed by atoms with Gasteiger partial charge in [-0.05, 0) is 48.0 Å². The second-order valence-corrected chi connectivity index (χ2v) is 7.13. The first kappa shape index (κ1) is 21.2. The highest BCUT2D eigenvalue weighted by Gasteiger charge is 2.36. The largest absolute Gasteiger partial charge is 0.497 e. The van der Waals surface area contributed by atoms with Crippen LogP contribution in [0.3, 0.4) is 0 Å². The molecule has 0 saturated heterocycles. The van der Waals surface area contributed by atoms with E-state index in [0.29, 0.717) is 22.6 Å². The van der Waals surface area contributed by atoms with Crippen LogP contribution in [0.5, 0.6) is 5.75 Å². The fourth-order valence-corrected chi connectivity index (χ4v) is 3.65. The van der Waals surface area contributed by atoms with Crippen LogP contribution in [0.4, 0.5) is 13.2 Å². The molecule has 0 spiro atoms. The fourth-order valence-electron chi connectivity index (χ4n) is 2.69. The highest BCUT2D eigenvalue weighted by molar-refractivity contribution is 7.98. The Morgan fingerprint density at radius 3 is 2.20 bits per heavy atom. The number of hydrogen-bond acceptors (Lipinski definition) is 5. The lowest BCUT2D eigenvalue weighted by Crippen LogP contribution is -2.10. The molecule has 0 unspecified atom stereocenters. The molecule has 150 valence electrons. The molecule has 0 amide bonds. The van der Waals surface area contributed by atoms with Gasteiger partial charge < -0.3 is 4.74 Å². The Labute approximate surface area is 175 Å². The molecule has 0 saturated carbocycles. The predicted octanol–water partition coefficient (Wildman–Crippen LogP) is 5.81. The second-order valence-electron chi connectivity index (χ2n) is 6.17. The Hall–Kier alpha value is -3.49. The molecular weight excluding hydrogens is 411 g/mol. The molecule has 4 nitrogen and oxygen atoms in total. The van der Waals surface area contributed by atoms with Crippen LogP contribution in [0.2, 0.25) is 0 Å². The van der Waals surface area contributed by atoms with Gasteiger partial charge >= 0.3 is 6.18 Å². The molecular formula is C22H14F3N3OS. The number of benzene rings is 2. The molecule has 0 aliphatic carbocycles. The van der Waals surface area contributed by atoms with Crippen LogP contribution in [0.15, 0.2) is 59.6 Å². The van der Waals surface area contributed by atoms with E-state index < -0.39 is 17.3 Å². The van der Waals surface area contributed by atoms with Gasteiger partial charge in [-0.3, -0.25) is 0 Å². The van der Waals surface area contributed by atoms with Crippen LogP contribution >= 0.6 is 11.8 Å². The summed E-state index contributed by atoms with van der Waals surface area (Å²) >= 11 is 1.04. The number of nitrogens with zero attached hydrogens (tertiary/aromatic N) is 3. The van der Waals surface area contributed by atoms with Gasteiger partial charge in [-0.1, -0.05) is 12.1 Å². The van der Waals surface area contributed by atoms with Gasteiger partial charge in [-0.2, -0.15) is 23.7 Å². The average molecular weight is 425 g/mol. The maximum absolute atomic E-state index is 13.6. The third kappa shape index (κ3) is 4.73. The van der Waals surface area contributed by atoms with E-state index in [0.717, 1.165) is 23.4 Å². The minimum atomic E-state index is -4.70. The minimum absolute atomic E-state index is 0.00232. The van der Waals surface area contributed by atoms with Crippen molar-refractivity contribution in [1.82, 2.24) is 4.98 Å². The molecule has 0 radical (unpaired) electrons. The Morgan fingerprint density at radius 2 is 1.67 bits per heavy atom. The summed E-state index contributed by atoms with van der Waals surface area (Å²) < 4.78 is 46.0. The summed E-state index contributed by atoms with van der Waals surface area (Å²) in [6.45, 7) is 0. The van der Waals surface area contributed by atoms with Crippen LogP contribution in [0.1, 0.15) is 22.3 Å². The SMILES string of the molecule is COc1ccc(-c2cc(C(F)(F)F)c(C#N)c(SCc3ccc(C#N)cc3)n2)cc1. The van der Waals surface area contributed by atoms with Gasteiger partial charge in [0.25, 0.3) is 0 Å². The van der Waals surface area contributed by atoms with E-state index in [4.69, 9.17) is 10.00 Å². The highest BCUT2D eigenvalue weighted by atomic mass is 32.2. The van der Waals surface area contributed by atoms with Gasteiger partial charge in [-0.25, -0.2) is 4.98 Å². The van der Waals surface area contributed by atoms with Crippen molar-refractivity contribution in [3.63, 3.8) is 0 Å². The summed E-state index contributed by atoms with van der Waals surface area (Å²) in [5.74, 6) is 0.871. The first-order chi connectivity index (χ1) is 14.4. The van der Waals surface area contributed by atoms with Crippen molar-refractivity contribution in [2.45, 2.75) is 17.0 Å². The predicted molar refractivity (Wildman–Crippen MR) is 107 cm³/mol. The molecule has 0 bridgehead atoms. The normalized spacial score (nSPS) is 10.9. The Bertz CT molecular complexity index is 1130. The third-order valence-corrected chi connectivity index (χ3v) is 5.29. The smallest absolute Gasteiger partial charge is 0.417 e. The molecule has 0 fully saturated rings. The maximum Gasteiger partial charge on any atom is 0.417 e. The lowest BCUT2D eigenvalue weighted by molar-refractivity contribution is -0.138. The van der Waals surface area contributed by atoms with Crippen molar-refractivity contribution in [3.05, 3.63) is 76.9 Å². The number of methoxy groups -OCH3 is 1. The standard InChI is InChI=1S/C22H14F3N3OS/c1-29-17-8-6-16(7-9-17)20-10-19(22(23,24)25)18(12-27)21(28-20)30-13-15-4-2-14(11-26)3-5-15/h2-10H,13H2,1H3. The maximum atomic E-state index is 13.6. The Morgan fingerprint density at radius 1 is 1.00 bits per heavy atom. The van der Waals surface area contributed by atoms with Crippen LogP contribution in [0, 0.1) is 22.7 Å². The van der Waals surface area contributed by atoms with E-state index in [9.17, 15) is 18.4 Å². The van der Waals surface area contributed by atoms with E-state index in [1.165, 1.54) is 7.11 Å². The number of alkyl halides is 3. The van der Waals surface area contributed by atoms with Gasteiger partial charge in [0, 0.05) is 11.3 Å². The minimum Gasteiger partial charge on any atom is -0.497 e. The molecule has 1 heterocycles. The first-order valence-corrected chi connectivity index (χ1v) is 9.63. The summed E-state index contributed by atoms with van der Waals surface area (Å²) in [5, 5.41) is 18.3. The summed E-state index contributed by atoms with van der Waals surface area (Å²) in [6, 6.07) is 17.7. The van der Waals surface area contributed by atoms with Crippen molar-refractivity contribution in [1.29, 1.82) is 10.5 Å². The number of ether oxygens (including phenoxy) is 1. The van der Waals surface area contributed by atoms with Crippen molar-refractivity contribution in [3.8, 4) is 29.1 Å². The van der Waals surface area contributed by atoms with Gasteiger partial charge in [0.05, 0.1) is 35.6 Å². The van der Waals surface area contributed by atoms with Gasteiger partial charge in [0.1, 0.15) is 16.8 Å². The molecule has 8 heteroatoms. The Kier molecular flexibility index (Phi) is 6.29. The van der Waals surface area contributed by atoms with Crippen LogP contribution < -0.4 is 4.74 Å². The zero-order chi connectivity index (χ0) is 21.7. The second kappa shape index (κ2) is 8.89. The number of hydrogen-bond donors (Lipinski definition) is 0. The lowest BCUT2D eigenvalue weighted by Gasteiger charge is -2.14. The number of thioether (sulfide) groups is 1. The molecule has 1 aromatic heterocycles. The van der Waals surface area contributed by atoms with Crippen molar-refractivity contribution < 1.29 is 17.9 Å². The summed E-state index contributed by atoms with van der Waals surface area (Å²) in [6.07, 6.45) is -4.70. The number of pyridine rings is 1. The zero-order valence-corrected chi connectivity index (χ0v) is 16.5. The number of rotatable bonds is 5. The Balaban J connectivity index is 2.02. The molecule has 0 aliphatic heterocycles. The monoisotopic (exact) mass is 425 g/mol. The molecule has 3 aromatic rings. The number of aromatic nitrogens is 1. The first-order valence-electron chi connectivity index (χ1n) is 8.64. The van der Waals surface area contributed by atoms with E-state index in [1.807, 2.05) is 6.07 Å². The molecule has 3 rings (SSSR count). The lowest BCUT2D eigenvalue weighted by atomic mass is 10.1. The van der Waals surface area contributed by atoms with E-state index in [2.05, 4.69) is 4.98 Å². The average Bonchev–Trinajstić information content (AvgIpc) is 2.76.